The minimum atomic E-state index is -3.42. The molecule has 8 nitrogen and oxygen atoms in total. The third kappa shape index (κ3) is 4.03. The number of pyridine rings is 1. The minimum Gasteiger partial charge on any atom is -0.366 e. The number of piperidine rings is 1. The van der Waals surface area contributed by atoms with E-state index in [0.29, 0.717) is 18.9 Å². The predicted octanol–water partition coefficient (Wildman–Crippen LogP) is 1.74. The SMILES string of the molecule is O=S(=O)(c1ccc(N[C@@H]2CCCN(c3ncccn3)C2)nc1)N1CCCC1. The number of aromatic nitrogens is 3. The molecule has 2 aromatic rings. The highest BCUT2D eigenvalue weighted by Crippen LogP contribution is 2.22. The van der Waals surface area contributed by atoms with Crippen LogP contribution in [0.4, 0.5) is 11.8 Å². The van der Waals surface area contributed by atoms with E-state index in [-0.39, 0.29) is 10.9 Å². The Kier molecular flexibility index (Phi) is 5.22. The van der Waals surface area contributed by atoms with Crippen molar-refractivity contribution in [2.75, 3.05) is 36.4 Å². The highest BCUT2D eigenvalue weighted by atomic mass is 32.2. The van der Waals surface area contributed by atoms with Crippen LogP contribution in [0.15, 0.2) is 41.7 Å². The summed E-state index contributed by atoms with van der Waals surface area (Å²) in [6, 6.07) is 5.42. The average molecular weight is 388 g/mol. The van der Waals surface area contributed by atoms with Gasteiger partial charge in [0.15, 0.2) is 0 Å². The fourth-order valence-electron chi connectivity index (χ4n) is 3.64. The third-order valence-corrected chi connectivity index (χ3v) is 6.93. The van der Waals surface area contributed by atoms with Crippen molar-refractivity contribution >= 4 is 21.8 Å². The van der Waals surface area contributed by atoms with Crippen LogP contribution in [0.1, 0.15) is 25.7 Å². The lowest BCUT2D eigenvalue weighted by molar-refractivity contribution is 0.477. The van der Waals surface area contributed by atoms with E-state index < -0.39 is 10.0 Å². The molecule has 4 rings (SSSR count). The standard InChI is InChI=1S/C18H24N6O2S/c25-27(26,24-11-1-2-12-24)16-6-7-17(21-13-16)22-15-5-3-10-23(14-15)18-19-8-4-9-20-18/h4,6-9,13,15H,1-3,5,10-12,14H2,(H,21,22)/t15-/m1/s1. The zero-order valence-electron chi connectivity index (χ0n) is 15.2. The summed E-state index contributed by atoms with van der Waals surface area (Å²) < 4.78 is 26.7. The Morgan fingerprint density at radius 2 is 1.78 bits per heavy atom. The summed E-state index contributed by atoms with van der Waals surface area (Å²) in [5, 5.41) is 3.41. The van der Waals surface area contributed by atoms with Crippen LogP contribution in [0.3, 0.4) is 0 Å². The smallest absolute Gasteiger partial charge is 0.244 e. The molecule has 0 aromatic carbocycles. The highest BCUT2D eigenvalue weighted by molar-refractivity contribution is 7.89. The van der Waals surface area contributed by atoms with E-state index >= 15 is 0 Å². The van der Waals surface area contributed by atoms with Crippen LogP contribution in [0.25, 0.3) is 0 Å². The molecule has 0 bridgehead atoms. The number of sulfonamides is 1. The second-order valence-electron chi connectivity index (χ2n) is 6.97. The van der Waals surface area contributed by atoms with Crippen LogP contribution < -0.4 is 10.2 Å². The Hall–Kier alpha value is -2.26. The molecule has 0 radical (unpaired) electrons. The molecule has 2 aromatic heterocycles. The van der Waals surface area contributed by atoms with Crippen LogP contribution in [-0.2, 0) is 10.0 Å². The molecule has 1 N–H and O–H groups in total. The van der Waals surface area contributed by atoms with Crippen LogP contribution >= 0.6 is 0 Å². The topological polar surface area (TPSA) is 91.3 Å². The van der Waals surface area contributed by atoms with Crippen molar-refractivity contribution in [3.63, 3.8) is 0 Å². The van der Waals surface area contributed by atoms with Crippen LogP contribution in [0.2, 0.25) is 0 Å². The fourth-order valence-corrected chi connectivity index (χ4v) is 5.10. The summed E-state index contributed by atoms with van der Waals surface area (Å²) >= 11 is 0. The lowest BCUT2D eigenvalue weighted by Crippen LogP contribution is -2.43. The van der Waals surface area contributed by atoms with Gasteiger partial charge in [0.25, 0.3) is 0 Å². The van der Waals surface area contributed by atoms with Gasteiger partial charge in [0, 0.05) is 50.8 Å². The quantitative estimate of drug-likeness (QED) is 0.834. The van der Waals surface area contributed by atoms with Gasteiger partial charge in [-0.3, -0.25) is 0 Å². The first-order valence-corrected chi connectivity index (χ1v) is 10.8. The maximum absolute atomic E-state index is 12.6. The summed E-state index contributed by atoms with van der Waals surface area (Å²) in [4.78, 5) is 15.4. The molecular formula is C18H24N6O2S. The average Bonchev–Trinajstić information content (AvgIpc) is 3.25. The van der Waals surface area contributed by atoms with E-state index in [1.165, 1.54) is 10.5 Å². The minimum absolute atomic E-state index is 0.219. The zero-order chi connectivity index (χ0) is 18.7. The van der Waals surface area contributed by atoms with Gasteiger partial charge in [0.2, 0.25) is 16.0 Å². The first-order chi connectivity index (χ1) is 13.1. The molecule has 9 heteroatoms. The van der Waals surface area contributed by atoms with E-state index in [9.17, 15) is 8.42 Å². The Morgan fingerprint density at radius 1 is 1.00 bits per heavy atom. The van der Waals surface area contributed by atoms with E-state index in [1.54, 1.807) is 24.5 Å². The van der Waals surface area contributed by atoms with Gasteiger partial charge in [-0.05, 0) is 43.9 Å². The molecule has 0 unspecified atom stereocenters. The number of rotatable bonds is 5. The number of nitrogens with zero attached hydrogens (tertiary/aromatic N) is 5. The molecular weight excluding hydrogens is 364 g/mol. The van der Waals surface area contributed by atoms with Gasteiger partial charge in [-0.15, -0.1) is 0 Å². The second-order valence-corrected chi connectivity index (χ2v) is 8.91. The lowest BCUT2D eigenvalue weighted by Gasteiger charge is -2.33. The molecule has 27 heavy (non-hydrogen) atoms. The zero-order valence-corrected chi connectivity index (χ0v) is 16.0. The van der Waals surface area contributed by atoms with Gasteiger partial charge < -0.3 is 10.2 Å². The lowest BCUT2D eigenvalue weighted by atomic mass is 10.1. The van der Waals surface area contributed by atoms with E-state index in [4.69, 9.17) is 0 Å². The molecule has 2 fully saturated rings. The van der Waals surface area contributed by atoms with Crippen LogP contribution in [0, 0.1) is 0 Å². The number of hydrogen-bond acceptors (Lipinski definition) is 7. The Morgan fingerprint density at radius 3 is 2.48 bits per heavy atom. The van der Waals surface area contributed by atoms with Crippen LogP contribution in [0.5, 0.6) is 0 Å². The number of nitrogens with one attached hydrogen (secondary N) is 1. The molecule has 0 amide bonds. The van der Waals surface area contributed by atoms with Gasteiger partial charge in [-0.1, -0.05) is 0 Å². The predicted molar refractivity (Wildman–Crippen MR) is 103 cm³/mol. The van der Waals surface area contributed by atoms with Crippen molar-refractivity contribution < 1.29 is 8.42 Å². The van der Waals surface area contributed by atoms with Crippen molar-refractivity contribution in [3.8, 4) is 0 Å². The van der Waals surface area contributed by atoms with Gasteiger partial charge in [-0.25, -0.2) is 23.4 Å². The van der Waals surface area contributed by atoms with Gasteiger partial charge >= 0.3 is 0 Å². The third-order valence-electron chi connectivity index (χ3n) is 5.05. The first-order valence-electron chi connectivity index (χ1n) is 9.38. The summed E-state index contributed by atoms with van der Waals surface area (Å²) in [5.41, 5.74) is 0. The largest absolute Gasteiger partial charge is 0.366 e. The van der Waals surface area contributed by atoms with Crippen molar-refractivity contribution in [2.45, 2.75) is 36.6 Å². The van der Waals surface area contributed by atoms with Gasteiger partial charge in [0.05, 0.1) is 0 Å². The van der Waals surface area contributed by atoms with Gasteiger partial charge in [0.1, 0.15) is 10.7 Å². The van der Waals surface area contributed by atoms with Crippen LogP contribution in [-0.4, -0.2) is 59.9 Å². The summed E-state index contributed by atoms with van der Waals surface area (Å²) in [7, 11) is -3.42. The molecule has 144 valence electrons. The van der Waals surface area contributed by atoms with Crippen molar-refractivity contribution in [3.05, 3.63) is 36.8 Å². The summed E-state index contributed by atoms with van der Waals surface area (Å²) in [6.45, 7) is 2.92. The fraction of sp³-hybridized carbons (Fsp3) is 0.500. The number of hydrogen-bond donors (Lipinski definition) is 1. The van der Waals surface area contributed by atoms with E-state index in [0.717, 1.165) is 44.7 Å². The Bertz CT molecular complexity index is 853. The van der Waals surface area contributed by atoms with E-state index in [2.05, 4.69) is 25.2 Å². The van der Waals surface area contributed by atoms with Crippen molar-refractivity contribution in [2.24, 2.45) is 0 Å². The van der Waals surface area contributed by atoms with Crippen molar-refractivity contribution in [1.29, 1.82) is 0 Å². The number of anilines is 2. The molecule has 0 aliphatic carbocycles. The molecule has 2 saturated heterocycles. The van der Waals surface area contributed by atoms with Gasteiger partial charge in [-0.2, -0.15) is 4.31 Å². The second kappa shape index (κ2) is 7.77. The molecule has 2 aliphatic rings. The Labute approximate surface area is 159 Å². The molecule has 1 atom stereocenters. The monoisotopic (exact) mass is 388 g/mol. The van der Waals surface area contributed by atoms with E-state index in [1.807, 2.05) is 6.07 Å². The molecule has 0 saturated carbocycles. The summed E-state index contributed by atoms with van der Waals surface area (Å²) in [5.74, 6) is 1.43. The Balaban J connectivity index is 1.41. The normalized spacial score (nSPS) is 21.3. The molecule has 2 aliphatic heterocycles. The summed E-state index contributed by atoms with van der Waals surface area (Å²) in [6.07, 6.45) is 8.87. The maximum atomic E-state index is 12.6. The highest BCUT2D eigenvalue weighted by Gasteiger charge is 2.27. The maximum Gasteiger partial charge on any atom is 0.244 e. The molecule has 4 heterocycles. The first kappa shape index (κ1) is 18.1. The van der Waals surface area contributed by atoms with Crippen molar-refractivity contribution in [1.82, 2.24) is 19.3 Å². The molecule has 0 spiro atoms.